The van der Waals surface area contributed by atoms with Gasteiger partial charge in [-0.15, -0.1) is 0 Å². The molecule has 2 saturated heterocycles. The molecule has 2 fully saturated rings. The summed E-state index contributed by atoms with van der Waals surface area (Å²) in [5.41, 5.74) is 0. The SMILES string of the molecule is CC1CN2CCCC2CN1C(=O)N(C)CC(=O)O. The predicted octanol–water partition coefficient (Wildman–Crippen LogP) is 0.291. The molecule has 0 aliphatic carbocycles. The topological polar surface area (TPSA) is 64.1 Å². The maximum absolute atomic E-state index is 12.2. The average Bonchev–Trinajstić information content (AvgIpc) is 2.72. The number of rotatable bonds is 2. The van der Waals surface area contributed by atoms with E-state index in [1.807, 2.05) is 11.8 Å². The highest BCUT2D eigenvalue weighted by Crippen LogP contribution is 2.25. The molecule has 2 rings (SSSR count). The molecule has 2 aliphatic rings. The summed E-state index contributed by atoms with van der Waals surface area (Å²) in [6.45, 7) is 4.54. The van der Waals surface area contributed by atoms with Gasteiger partial charge in [0.15, 0.2) is 0 Å². The lowest BCUT2D eigenvalue weighted by Crippen LogP contribution is -2.59. The van der Waals surface area contributed by atoms with Gasteiger partial charge in [0.2, 0.25) is 0 Å². The molecule has 0 aromatic carbocycles. The molecule has 102 valence electrons. The Labute approximate surface area is 107 Å². The van der Waals surface area contributed by atoms with Crippen LogP contribution in [0, 0.1) is 0 Å². The van der Waals surface area contributed by atoms with E-state index in [0.29, 0.717) is 6.04 Å². The van der Waals surface area contributed by atoms with Crippen molar-refractivity contribution in [3.05, 3.63) is 0 Å². The number of likely N-dealkylation sites (N-methyl/N-ethyl adjacent to an activating group) is 1. The van der Waals surface area contributed by atoms with E-state index in [9.17, 15) is 9.59 Å². The van der Waals surface area contributed by atoms with Crippen LogP contribution >= 0.6 is 0 Å². The van der Waals surface area contributed by atoms with Crippen molar-refractivity contribution in [2.24, 2.45) is 0 Å². The monoisotopic (exact) mass is 255 g/mol. The minimum Gasteiger partial charge on any atom is -0.480 e. The van der Waals surface area contributed by atoms with E-state index < -0.39 is 5.97 Å². The lowest BCUT2D eigenvalue weighted by molar-refractivity contribution is -0.137. The number of hydrogen-bond donors (Lipinski definition) is 1. The molecule has 2 aliphatic heterocycles. The first-order valence-electron chi connectivity index (χ1n) is 6.46. The molecule has 0 aromatic heterocycles. The summed E-state index contributed by atoms with van der Waals surface area (Å²) in [6.07, 6.45) is 2.34. The molecule has 0 spiro atoms. The molecule has 18 heavy (non-hydrogen) atoms. The normalized spacial score (nSPS) is 28.0. The van der Waals surface area contributed by atoms with Gasteiger partial charge in [0, 0.05) is 32.2 Å². The summed E-state index contributed by atoms with van der Waals surface area (Å²) in [4.78, 5) is 28.4. The van der Waals surface area contributed by atoms with E-state index in [4.69, 9.17) is 5.11 Å². The fourth-order valence-corrected chi connectivity index (χ4v) is 2.94. The number of urea groups is 1. The minimum atomic E-state index is -0.974. The van der Waals surface area contributed by atoms with Crippen molar-refractivity contribution >= 4 is 12.0 Å². The number of amides is 2. The molecule has 0 aromatic rings. The van der Waals surface area contributed by atoms with Crippen molar-refractivity contribution in [3.63, 3.8) is 0 Å². The van der Waals surface area contributed by atoms with Crippen LogP contribution in [0.1, 0.15) is 19.8 Å². The third-order valence-electron chi connectivity index (χ3n) is 3.88. The van der Waals surface area contributed by atoms with E-state index in [0.717, 1.165) is 26.1 Å². The lowest BCUT2D eigenvalue weighted by atomic mass is 10.1. The molecule has 2 heterocycles. The van der Waals surface area contributed by atoms with Crippen LogP contribution < -0.4 is 0 Å². The molecule has 0 bridgehead atoms. The fourth-order valence-electron chi connectivity index (χ4n) is 2.94. The van der Waals surface area contributed by atoms with Crippen LogP contribution in [0.25, 0.3) is 0 Å². The van der Waals surface area contributed by atoms with Gasteiger partial charge in [-0.2, -0.15) is 0 Å². The molecule has 0 radical (unpaired) electrons. The summed E-state index contributed by atoms with van der Waals surface area (Å²) >= 11 is 0. The van der Waals surface area contributed by atoms with Gasteiger partial charge in [0.05, 0.1) is 0 Å². The third kappa shape index (κ3) is 2.58. The summed E-state index contributed by atoms with van der Waals surface area (Å²) in [5, 5.41) is 8.73. The van der Waals surface area contributed by atoms with Gasteiger partial charge in [-0.1, -0.05) is 0 Å². The quantitative estimate of drug-likeness (QED) is 0.770. The zero-order valence-corrected chi connectivity index (χ0v) is 11.0. The summed E-state index contributed by atoms with van der Waals surface area (Å²) in [7, 11) is 1.55. The first-order chi connectivity index (χ1) is 8.49. The van der Waals surface area contributed by atoms with Gasteiger partial charge in [0.25, 0.3) is 0 Å². The Morgan fingerprint density at radius 2 is 2.11 bits per heavy atom. The average molecular weight is 255 g/mol. The molecule has 6 nitrogen and oxygen atoms in total. The van der Waals surface area contributed by atoms with Crippen LogP contribution in [0.4, 0.5) is 4.79 Å². The van der Waals surface area contributed by atoms with Crippen LogP contribution in [-0.2, 0) is 4.79 Å². The Bertz CT molecular complexity index is 347. The highest BCUT2D eigenvalue weighted by Gasteiger charge is 2.37. The lowest BCUT2D eigenvalue weighted by Gasteiger charge is -2.43. The Balaban J connectivity index is 1.99. The standard InChI is InChI=1S/C12H21N3O3/c1-9-6-14-5-3-4-10(14)7-15(9)12(18)13(2)8-11(16)17/h9-10H,3-8H2,1-2H3,(H,16,17). The number of aliphatic carboxylic acids is 1. The Morgan fingerprint density at radius 3 is 2.78 bits per heavy atom. The van der Waals surface area contributed by atoms with Crippen LogP contribution in [0.3, 0.4) is 0 Å². The number of fused-ring (bicyclic) bond motifs is 1. The van der Waals surface area contributed by atoms with Crippen molar-refractivity contribution in [3.8, 4) is 0 Å². The second-order valence-corrected chi connectivity index (χ2v) is 5.32. The molecule has 6 heteroatoms. The van der Waals surface area contributed by atoms with Crippen LogP contribution in [0.15, 0.2) is 0 Å². The van der Waals surface area contributed by atoms with Gasteiger partial charge >= 0.3 is 12.0 Å². The molecule has 0 saturated carbocycles. The van der Waals surface area contributed by atoms with Crippen molar-refractivity contribution in [1.29, 1.82) is 0 Å². The van der Waals surface area contributed by atoms with E-state index >= 15 is 0 Å². The van der Waals surface area contributed by atoms with Crippen molar-refractivity contribution in [1.82, 2.24) is 14.7 Å². The summed E-state index contributed by atoms with van der Waals surface area (Å²) in [5.74, 6) is -0.974. The molecular formula is C12H21N3O3. The van der Waals surface area contributed by atoms with Gasteiger partial charge in [-0.3, -0.25) is 9.69 Å². The number of carbonyl (C=O) groups excluding carboxylic acids is 1. The first kappa shape index (κ1) is 13.1. The fraction of sp³-hybridized carbons (Fsp3) is 0.833. The number of carbonyl (C=O) groups is 2. The second-order valence-electron chi connectivity index (χ2n) is 5.32. The molecule has 2 amide bonds. The summed E-state index contributed by atoms with van der Waals surface area (Å²) < 4.78 is 0. The first-order valence-corrected chi connectivity index (χ1v) is 6.46. The maximum Gasteiger partial charge on any atom is 0.323 e. The van der Waals surface area contributed by atoms with Gasteiger partial charge in [-0.05, 0) is 26.3 Å². The summed E-state index contributed by atoms with van der Waals surface area (Å²) in [6, 6.07) is 0.447. The van der Waals surface area contributed by atoms with Crippen LogP contribution in [0.5, 0.6) is 0 Å². The van der Waals surface area contributed by atoms with E-state index in [1.165, 1.54) is 11.3 Å². The number of carboxylic acid groups (broad SMARTS) is 1. The van der Waals surface area contributed by atoms with E-state index in [-0.39, 0.29) is 18.6 Å². The Hall–Kier alpha value is -1.30. The van der Waals surface area contributed by atoms with Crippen molar-refractivity contribution in [2.45, 2.75) is 31.8 Å². The molecule has 2 unspecified atom stereocenters. The smallest absolute Gasteiger partial charge is 0.323 e. The van der Waals surface area contributed by atoms with Crippen LogP contribution in [-0.4, -0.2) is 77.1 Å². The molecule has 2 atom stereocenters. The molecule has 1 N–H and O–H groups in total. The number of piperazine rings is 1. The number of hydrogen-bond acceptors (Lipinski definition) is 3. The molecular weight excluding hydrogens is 234 g/mol. The van der Waals surface area contributed by atoms with Gasteiger partial charge in [-0.25, -0.2) is 4.79 Å². The zero-order valence-electron chi connectivity index (χ0n) is 11.0. The van der Waals surface area contributed by atoms with E-state index in [1.54, 1.807) is 7.05 Å². The Kier molecular flexibility index (Phi) is 3.75. The highest BCUT2D eigenvalue weighted by molar-refractivity contribution is 5.80. The highest BCUT2D eigenvalue weighted by atomic mass is 16.4. The van der Waals surface area contributed by atoms with E-state index in [2.05, 4.69) is 4.90 Å². The zero-order chi connectivity index (χ0) is 13.3. The third-order valence-corrected chi connectivity index (χ3v) is 3.88. The Morgan fingerprint density at radius 1 is 1.39 bits per heavy atom. The number of carboxylic acids is 1. The van der Waals surface area contributed by atoms with Gasteiger partial charge in [0.1, 0.15) is 6.54 Å². The largest absolute Gasteiger partial charge is 0.480 e. The second kappa shape index (κ2) is 5.14. The maximum atomic E-state index is 12.2. The van der Waals surface area contributed by atoms with Gasteiger partial charge < -0.3 is 14.9 Å². The van der Waals surface area contributed by atoms with Crippen molar-refractivity contribution in [2.75, 3.05) is 33.2 Å². The predicted molar refractivity (Wildman–Crippen MR) is 66.4 cm³/mol. The van der Waals surface area contributed by atoms with Crippen molar-refractivity contribution < 1.29 is 14.7 Å². The van der Waals surface area contributed by atoms with Crippen LogP contribution in [0.2, 0.25) is 0 Å². The number of nitrogens with zero attached hydrogens (tertiary/aromatic N) is 3. The minimum absolute atomic E-state index is 0.156.